The Bertz CT molecular complexity index is 910. The third kappa shape index (κ3) is 4.19. The molecule has 31 heavy (non-hydrogen) atoms. The summed E-state index contributed by atoms with van der Waals surface area (Å²) in [5.41, 5.74) is 1.56. The highest BCUT2D eigenvalue weighted by Crippen LogP contribution is 2.34. The SMILES string of the molecule is COc1ccccc1C(=O)NC1COC2C1OCC2n1cc(CC2CCCCC2)nn1. The average molecular weight is 427 g/mol. The van der Waals surface area contributed by atoms with E-state index in [1.54, 1.807) is 19.2 Å². The normalized spacial score (nSPS) is 28.4. The Hall–Kier alpha value is -2.45. The van der Waals surface area contributed by atoms with Crippen LogP contribution in [0.2, 0.25) is 0 Å². The number of ether oxygens (including phenoxy) is 3. The molecule has 4 atom stereocenters. The molecule has 8 heteroatoms. The number of nitrogens with one attached hydrogen (secondary N) is 1. The van der Waals surface area contributed by atoms with Gasteiger partial charge in [-0.05, 0) is 24.5 Å². The molecule has 1 amide bonds. The first-order chi connectivity index (χ1) is 15.2. The van der Waals surface area contributed by atoms with Crippen molar-refractivity contribution in [1.82, 2.24) is 20.3 Å². The number of carbonyl (C=O) groups excluding carboxylic acids is 1. The van der Waals surface area contributed by atoms with E-state index < -0.39 is 0 Å². The van der Waals surface area contributed by atoms with E-state index in [1.165, 1.54) is 32.1 Å². The van der Waals surface area contributed by atoms with Crippen molar-refractivity contribution in [3.05, 3.63) is 41.7 Å². The predicted molar refractivity (Wildman–Crippen MR) is 113 cm³/mol. The van der Waals surface area contributed by atoms with Crippen molar-refractivity contribution < 1.29 is 19.0 Å². The van der Waals surface area contributed by atoms with Gasteiger partial charge in [0.25, 0.3) is 5.91 Å². The molecule has 0 spiro atoms. The van der Waals surface area contributed by atoms with Crippen LogP contribution >= 0.6 is 0 Å². The number of rotatable bonds is 6. The summed E-state index contributed by atoms with van der Waals surface area (Å²) < 4.78 is 19.3. The zero-order valence-corrected chi connectivity index (χ0v) is 17.9. The number of hydrogen-bond donors (Lipinski definition) is 1. The average Bonchev–Trinajstić information content (AvgIpc) is 3.52. The van der Waals surface area contributed by atoms with E-state index in [1.807, 2.05) is 16.8 Å². The van der Waals surface area contributed by atoms with Gasteiger partial charge in [0.1, 0.15) is 24.0 Å². The van der Waals surface area contributed by atoms with Crippen LogP contribution in [0.15, 0.2) is 30.5 Å². The van der Waals surface area contributed by atoms with Crippen molar-refractivity contribution in [3.63, 3.8) is 0 Å². The predicted octanol–water partition coefficient (Wildman–Crippen LogP) is 2.55. The van der Waals surface area contributed by atoms with E-state index in [0.717, 1.165) is 18.0 Å². The Morgan fingerprint density at radius 1 is 1.16 bits per heavy atom. The maximum Gasteiger partial charge on any atom is 0.255 e. The Morgan fingerprint density at radius 2 is 1.97 bits per heavy atom. The molecule has 1 saturated carbocycles. The molecule has 4 unspecified atom stereocenters. The maximum atomic E-state index is 12.8. The number of amides is 1. The highest BCUT2D eigenvalue weighted by atomic mass is 16.6. The fourth-order valence-corrected chi connectivity index (χ4v) is 5.16. The lowest BCUT2D eigenvalue weighted by Gasteiger charge is -2.20. The summed E-state index contributed by atoms with van der Waals surface area (Å²) in [6.45, 7) is 0.916. The number of benzene rings is 1. The van der Waals surface area contributed by atoms with Gasteiger partial charge in [-0.3, -0.25) is 4.79 Å². The number of carbonyl (C=O) groups is 1. The van der Waals surface area contributed by atoms with Gasteiger partial charge in [-0.2, -0.15) is 0 Å². The van der Waals surface area contributed by atoms with Gasteiger partial charge in [0.05, 0.1) is 37.6 Å². The van der Waals surface area contributed by atoms with E-state index >= 15 is 0 Å². The van der Waals surface area contributed by atoms with Crippen LogP contribution in [0.1, 0.15) is 54.2 Å². The maximum absolute atomic E-state index is 12.8. The first kappa shape index (κ1) is 20.5. The van der Waals surface area contributed by atoms with Crippen LogP contribution in [-0.4, -0.2) is 59.5 Å². The second-order valence-electron chi connectivity index (χ2n) is 8.84. The number of hydrogen-bond acceptors (Lipinski definition) is 6. The molecule has 1 N–H and O–H groups in total. The molecule has 1 aliphatic carbocycles. The van der Waals surface area contributed by atoms with E-state index in [9.17, 15) is 4.79 Å². The fourth-order valence-electron chi connectivity index (χ4n) is 5.16. The Kier molecular flexibility index (Phi) is 5.91. The van der Waals surface area contributed by atoms with E-state index in [2.05, 4.69) is 21.8 Å². The second-order valence-corrected chi connectivity index (χ2v) is 8.84. The molecule has 1 aromatic carbocycles. The summed E-state index contributed by atoms with van der Waals surface area (Å²) >= 11 is 0. The fraction of sp³-hybridized carbons (Fsp3) is 0.609. The Balaban J connectivity index is 1.21. The quantitative estimate of drug-likeness (QED) is 0.764. The van der Waals surface area contributed by atoms with Crippen molar-refractivity contribution in [3.8, 4) is 5.75 Å². The van der Waals surface area contributed by atoms with Crippen LogP contribution in [0.5, 0.6) is 5.75 Å². The van der Waals surface area contributed by atoms with Crippen molar-refractivity contribution in [2.45, 2.75) is 62.8 Å². The molecule has 3 heterocycles. The first-order valence-corrected chi connectivity index (χ1v) is 11.3. The van der Waals surface area contributed by atoms with Crippen LogP contribution in [0.4, 0.5) is 0 Å². The van der Waals surface area contributed by atoms with Gasteiger partial charge in [0.2, 0.25) is 0 Å². The lowest BCUT2D eigenvalue weighted by molar-refractivity contribution is 0.0613. The summed E-state index contributed by atoms with van der Waals surface area (Å²) in [6, 6.07) is 6.96. The zero-order chi connectivity index (χ0) is 21.2. The van der Waals surface area contributed by atoms with E-state index in [-0.39, 0.29) is 30.2 Å². The number of methoxy groups -OCH3 is 1. The van der Waals surface area contributed by atoms with Gasteiger partial charge in [-0.15, -0.1) is 5.10 Å². The molecule has 0 radical (unpaired) electrons. The Morgan fingerprint density at radius 3 is 2.81 bits per heavy atom. The molecular formula is C23H30N4O4. The third-order valence-electron chi connectivity index (χ3n) is 6.82. The standard InChI is InChI=1S/C23H30N4O4/c1-29-20-10-6-5-9-17(20)23(28)24-18-13-30-22-19(14-31-21(18)22)27-12-16(25-26-27)11-15-7-3-2-4-8-15/h5-6,9-10,12,15,18-19,21-22H,2-4,7-8,11,13-14H2,1H3,(H,24,28). The molecule has 2 aromatic rings. The van der Waals surface area contributed by atoms with Crippen molar-refractivity contribution >= 4 is 5.91 Å². The van der Waals surface area contributed by atoms with Crippen molar-refractivity contribution in [1.29, 1.82) is 0 Å². The topological polar surface area (TPSA) is 87.5 Å². The molecule has 2 aliphatic heterocycles. The highest BCUT2D eigenvalue weighted by Gasteiger charge is 2.49. The minimum atomic E-state index is -0.211. The summed E-state index contributed by atoms with van der Waals surface area (Å²) in [5.74, 6) is 1.09. The smallest absolute Gasteiger partial charge is 0.255 e. The van der Waals surface area contributed by atoms with Crippen LogP contribution in [-0.2, 0) is 15.9 Å². The summed E-state index contributed by atoms with van der Waals surface area (Å²) in [6.07, 6.45) is 9.31. The van der Waals surface area contributed by atoms with Gasteiger partial charge in [-0.25, -0.2) is 4.68 Å². The largest absolute Gasteiger partial charge is 0.496 e. The van der Waals surface area contributed by atoms with Gasteiger partial charge < -0.3 is 19.5 Å². The molecule has 2 saturated heterocycles. The number of aromatic nitrogens is 3. The second kappa shape index (κ2) is 8.96. The number of fused-ring (bicyclic) bond motifs is 1. The highest BCUT2D eigenvalue weighted by molar-refractivity contribution is 5.97. The first-order valence-electron chi connectivity index (χ1n) is 11.3. The zero-order valence-electron chi connectivity index (χ0n) is 17.9. The van der Waals surface area contributed by atoms with Gasteiger partial charge in [0, 0.05) is 6.20 Å². The van der Waals surface area contributed by atoms with Crippen molar-refractivity contribution in [2.24, 2.45) is 5.92 Å². The van der Waals surface area contributed by atoms with Crippen LogP contribution in [0, 0.1) is 5.92 Å². The lowest BCUT2D eigenvalue weighted by Crippen LogP contribution is -2.44. The molecule has 8 nitrogen and oxygen atoms in total. The van der Waals surface area contributed by atoms with Gasteiger partial charge >= 0.3 is 0 Å². The summed E-state index contributed by atoms with van der Waals surface area (Å²) in [7, 11) is 1.56. The number of nitrogens with zero attached hydrogens (tertiary/aromatic N) is 3. The molecule has 5 rings (SSSR count). The molecule has 1 aromatic heterocycles. The Labute approximate surface area is 182 Å². The summed E-state index contributed by atoms with van der Waals surface area (Å²) in [4.78, 5) is 12.8. The summed E-state index contributed by atoms with van der Waals surface area (Å²) in [5, 5.41) is 11.9. The van der Waals surface area contributed by atoms with E-state index in [0.29, 0.717) is 24.5 Å². The molecule has 0 bridgehead atoms. The molecule has 166 valence electrons. The monoisotopic (exact) mass is 426 g/mol. The minimum absolute atomic E-state index is 0.0224. The van der Waals surface area contributed by atoms with Gasteiger partial charge in [-0.1, -0.05) is 49.5 Å². The van der Waals surface area contributed by atoms with Gasteiger partial charge in [0.15, 0.2) is 0 Å². The molecule has 3 aliphatic rings. The number of para-hydroxylation sites is 1. The van der Waals surface area contributed by atoms with Crippen molar-refractivity contribution in [2.75, 3.05) is 20.3 Å². The van der Waals surface area contributed by atoms with Crippen LogP contribution in [0.3, 0.4) is 0 Å². The molecule has 3 fully saturated rings. The third-order valence-corrected chi connectivity index (χ3v) is 6.82. The van der Waals surface area contributed by atoms with E-state index in [4.69, 9.17) is 14.2 Å². The molecular weight excluding hydrogens is 396 g/mol. The minimum Gasteiger partial charge on any atom is -0.496 e. The van der Waals surface area contributed by atoms with Crippen LogP contribution in [0.25, 0.3) is 0 Å². The van der Waals surface area contributed by atoms with Crippen LogP contribution < -0.4 is 10.1 Å². The lowest BCUT2D eigenvalue weighted by atomic mass is 9.86.